The summed E-state index contributed by atoms with van der Waals surface area (Å²) >= 11 is 0. The van der Waals surface area contributed by atoms with Crippen molar-refractivity contribution in [3.8, 4) is 0 Å². The Morgan fingerprint density at radius 2 is 1.83 bits per heavy atom. The van der Waals surface area contributed by atoms with Gasteiger partial charge in [-0.2, -0.15) is 8.78 Å². The van der Waals surface area contributed by atoms with Crippen LogP contribution in [0.5, 0.6) is 0 Å². The van der Waals surface area contributed by atoms with Gasteiger partial charge in [0.25, 0.3) is 0 Å². The van der Waals surface area contributed by atoms with Crippen LogP contribution < -0.4 is 5.73 Å². The third-order valence-electron chi connectivity index (χ3n) is 2.13. The van der Waals surface area contributed by atoms with Crippen LogP contribution >= 0.6 is 0 Å². The Bertz CT molecular complexity index is 135. The molecule has 1 fully saturated rings. The topological polar surface area (TPSA) is 35.2 Å². The quantitative estimate of drug-likeness (QED) is 0.718. The fraction of sp³-hybridized carbons (Fsp3) is 1.00. The van der Waals surface area contributed by atoms with Crippen LogP contribution in [0.2, 0.25) is 0 Å². The lowest BCUT2D eigenvalue weighted by molar-refractivity contribution is -0.259. The average Bonchev–Trinajstić information content (AvgIpc) is 2.06. The SMILES string of the molecule is NCC(F)(F)OC1CCCCC1. The van der Waals surface area contributed by atoms with Gasteiger partial charge < -0.3 is 10.5 Å². The van der Waals surface area contributed by atoms with E-state index in [0.717, 1.165) is 32.1 Å². The zero-order valence-corrected chi connectivity index (χ0v) is 7.06. The molecule has 0 unspecified atom stereocenters. The zero-order chi connectivity index (χ0) is 9.03. The monoisotopic (exact) mass is 179 g/mol. The molecule has 0 aromatic rings. The van der Waals surface area contributed by atoms with Crippen molar-refractivity contribution in [1.82, 2.24) is 0 Å². The molecule has 0 atom stereocenters. The van der Waals surface area contributed by atoms with Gasteiger partial charge in [0.05, 0.1) is 12.6 Å². The highest BCUT2D eigenvalue weighted by Gasteiger charge is 2.32. The van der Waals surface area contributed by atoms with Gasteiger partial charge in [-0.05, 0) is 12.8 Å². The number of ether oxygens (including phenoxy) is 1. The van der Waals surface area contributed by atoms with E-state index >= 15 is 0 Å². The minimum Gasteiger partial charge on any atom is -0.323 e. The first-order valence-electron chi connectivity index (χ1n) is 4.40. The van der Waals surface area contributed by atoms with Crippen LogP contribution in [-0.2, 0) is 4.74 Å². The highest BCUT2D eigenvalue weighted by molar-refractivity contribution is 4.67. The van der Waals surface area contributed by atoms with E-state index in [2.05, 4.69) is 4.74 Å². The summed E-state index contributed by atoms with van der Waals surface area (Å²) in [5.74, 6) is 0. The molecule has 12 heavy (non-hydrogen) atoms. The maximum Gasteiger partial charge on any atom is 0.368 e. The Morgan fingerprint density at radius 3 is 2.33 bits per heavy atom. The van der Waals surface area contributed by atoms with Gasteiger partial charge in [0.1, 0.15) is 0 Å². The number of halogens is 2. The van der Waals surface area contributed by atoms with Crippen LogP contribution in [0.15, 0.2) is 0 Å². The lowest BCUT2D eigenvalue weighted by Gasteiger charge is -2.26. The van der Waals surface area contributed by atoms with E-state index in [1.807, 2.05) is 0 Å². The van der Waals surface area contributed by atoms with E-state index in [1.54, 1.807) is 0 Å². The van der Waals surface area contributed by atoms with Crippen molar-refractivity contribution in [2.45, 2.75) is 44.3 Å². The summed E-state index contributed by atoms with van der Waals surface area (Å²) in [6, 6.07) is 0. The molecule has 1 saturated carbocycles. The second-order valence-corrected chi connectivity index (χ2v) is 3.22. The molecule has 2 N–H and O–H groups in total. The van der Waals surface area contributed by atoms with E-state index in [9.17, 15) is 8.78 Å². The Morgan fingerprint density at radius 1 is 1.25 bits per heavy atom. The van der Waals surface area contributed by atoms with E-state index in [1.165, 1.54) is 0 Å². The van der Waals surface area contributed by atoms with Crippen LogP contribution in [0, 0.1) is 0 Å². The molecule has 0 radical (unpaired) electrons. The summed E-state index contributed by atoms with van der Waals surface area (Å²) in [6.07, 6.45) is 1.20. The lowest BCUT2D eigenvalue weighted by atomic mass is 9.98. The third-order valence-corrected chi connectivity index (χ3v) is 2.13. The number of rotatable bonds is 3. The number of alkyl halides is 2. The van der Waals surface area contributed by atoms with E-state index in [-0.39, 0.29) is 6.10 Å². The molecule has 0 aromatic heterocycles. The number of hydrogen-bond donors (Lipinski definition) is 1. The Hall–Kier alpha value is -0.220. The summed E-state index contributed by atoms with van der Waals surface area (Å²) in [7, 11) is 0. The normalized spacial score (nSPS) is 21.2. The average molecular weight is 179 g/mol. The van der Waals surface area contributed by atoms with Gasteiger partial charge in [0.2, 0.25) is 0 Å². The van der Waals surface area contributed by atoms with Crippen molar-refractivity contribution < 1.29 is 13.5 Å². The molecule has 4 heteroatoms. The van der Waals surface area contributed by atoms with Crippen molar-refractivity contribution >= 4 is 0 Å². The highest BCUT2D eigenvalue weighted by atomic mass is 19.3. The summed E-state index contributed by atoms with van der Waals surface area (Å²) < 4.78 is 29.7. The molecular formula is C8H15F2NO. The van der Waals surface area contributed by atoms with Crippen molar-refractivity contribution in [1.29, 1.82) is 0 Å². The largest absolute Gasteiger partial charge is 0.368 e. The van der Waals surface area contributed by atoms with Gasteiger partial charge in [0, 0.05) is 0 Å². The smallest absolute Gasteiger partial charge is 0.323 e. The van der Waals surface area contributed by atoms with Crippen molar-refractivity contribution in [3.05, 3.63) is 0 Å². The van der Waals surface area contributed by atoms with Crippen molar-refractivity contribution in [2.24, 2.45) is 5.73 Å². The van der Waals surface area contributed by atoms with Crippen LogP contribution in [-0.4, -0.2) is 18.8 Å². The summed E-state index contributed by atoms with van der Waals surface area (Å²) in [6.45, 7) is -0.719. The Labute approximate surface area is 71.1 Å². The molecule has 0 bridgehead atoms. The molecule has 1 aliphatic carbocycles. The molecule has 0 saturated heterocycles. The first-order chi connectivity index (χ1) is 5.64. The van der Waals surface area contributed by atoms with Gasteiger partial charge >= 0.3 is 6.11 Å². The molecule has 0 amide bonds. The molecule has 0 spiro atoms. The molecule has 1 rings (SSSR count). The van der Waals surface area contributed by atoms with Gasteiger partial charge in [0.15, 0.2) is 0 Å². The number of hydrogen-bond acceptors (Lipinski definition) is 2. The molecule has 0 aromatic carbocycles. The zero-order valence-electron chi connectivity index (χ0n) is 7.06. The van der Waals surface area contributed by atoms with Gasteiger partial charge in [-0.1, -0.05) is 19.3 Å². The van der Waals surface area contributed by atoms with E-state index in [4.69, 9.17) is 5.73 Å². The fourth-order valence-corrected chi connectivity index (χ4v) is 1.47. The maximum absolute atomic E-state index is 12.6. The molecule has 0 heterocycles. The minimum absolute atomic E-state index is 0.280. The van der Waals surface area contributed by atoms with Gasteiger partial charge in [-0.15, -0.1) is 0 Å². The van der Waals surface area contributed by atoms with Gasteiger partial charge in [-0.3, -0.25) is 0 Å². The highest BCUT2D eigenvalue weighted by Crippen LogP contribution is 2.26. The third kappa shape index (κ3) is 3.03. The minimum atomic E-state index is -3.12. The summed E-state index contributed by atoms with van der Waals surface area (Å²) in [5, 5.41) is 0. The summed E-state index contributed by atoms with van der Waals surface area (Å²) in [4.78, 5) is 0. The second-order valence-electron chi connectivity index (χ2n) is 3.22. The first-order valence-corrected chi connectivity index (χ1v) is 4.40. The van der Waals surface area contributed by atoms with Crippen molar-refractivity contribution in [3.63, 3.8) is 0 Å². The molecule has 1 aliphatic rings. The Balaban J connectivity index is 2.28. The molecule has 2 nitrogen and oxygen atoms in total. The van der Waals surface area contributed by atoms with Crippen LogP contribution in [0.4, 0.5) is 8.78 Å². The first kappa shape index (κ1) is 9.86. The number of nitrogens with two attached hydrogens (primary N) is 1. The van der Waals surface area contributed by atoms with E-state index in [0.29, 0.717) is 0 Å². The Kier molecular flexibility index (Phi) is 3.40. The predicted octanol–water partition coefficient (Wildman–Crippen LogP) is 1.89. The lowest BCUT2D eigenvalue weighted by Crippen LogP contribution is -2.36. The summed E-state index contributed by atoms with van der Waals surface area (Å²) in [5.41, 5.74) is 4.85. The fourth-order valence-electron chi connectivity index (χ4n) is 1.47. The second kappa shape index (κ2) is 4.14. The molecule has 0 aliphatic heterocycles. The van der Waals surface area contributed by atoms with Crippen LogP contribution in [0.1, 0.15) is 32.1 Å². The van der Waals surface area contributed by atoms with Gasteiger partial charge in [-0.25, -0.2) is 0 Å². The molecular weight excluding hydrogens is 164 g/mol. The maximum atomic E-state index is 12.6. The predicted molar refractivity (Wildman–Crippen MR) is 42.0 cm³/mol. The van der Waals surface area contributed by atoms with Crippen LogP contribution in [0.25, 0.3) is 0 Å². The van der Waals surface area contributed by atoms with Crippen molar-refractivity contribution in [2.75, 3.05) is 6.54 Å². The standard InChI is InChI=1S/C8H15F2NO/c9-8(10,6-11)12-7-4-2-1-3-5-7/h7H,1-6,11H2. The molecule has 72 valence electrons. The van der Waals surface area contributed by atoms with Crippen LogP contribution in [0.3, 0.4) is 0 Å². The van der Waals surface area contributed by atoms with E-state index < -0.39 is 12.7 Å².